The van der Waals surface area contributed by atoms with Crippen LogP contribution in [-0.4, -0.2) is 38.7 Å². The highest BCUT2D eigenvalue weighted by molar-refractivity contribution is 5.79. The molecular weight excluding hydrogens is 380 g/mol. The van der Waals surface area contributed by atoms with Crippen LogP contribution in [0.1, 0.15) is 18.5 Å². The molecule has 1 atom stereocenters. The van der Waals surface area contributed by atoms with Crippen LogP contribution in [0.15, 0.2) is 59.7 Å². The Hall–Kier alpha value is -3.55. The lowest BCUT2D eigenvalue weighted by atomic mass is 9.97. The number of aromatic nitrogens is 4. The highest BCUT2D eigenvalue weighted by Crippen LogP contribution is 2.21. The molecule has 0 spiro atoms. The van der Waals surface area contributed by atoms with E-state index in [2.05, 4.69) is 25.3 Å². The van der Waals surface area contributed by atoms with Crippen molar-refractivity contribution in [1.29, 1.82) is 0 Å². The van der Waals surface area contributed by atoms with Crippen LogP contribution < -0.4 is 15.8 Å². The van der Waals surface area contributed by atoms with Gasteiger partial charge in [-0.15, -0.1) is 0 Å². The van der Waals surface area contributed by atoms with Crippen LogP contribution in [0.5, 0.6) is 0 Å². The zero-order chi connectivity index (χ0) is 20.9. The molecule has 30 heavy (non-hydrogen) atoms. The fourth-order valence-corrected chi connectivity index (χ4v) is 3.64. The molecule has 0 bridgehead atoms. The minimum Gasteiger partial charge on any atom is -0.354 e. The van der Waals surface area contributed by atoms with E-state index in [1.54, 1.807) is 13.1 Å². The van der Waals surface area contributed by atoms with E-state index < -0.39 is 0 Å². The van der Waals surface area contributed by atoms with Crippen molar-refractivity contribution in [2.75, 3.05) is 18.0 Å². The summed E-state index contributed by atoms with van der Waals surface area (Å²) in [6.45, 7) is 1.76. The minimum absolute atomic E-state index is 0.00407. The Morgan fingerprint density at radius 3 is 2.80 bits per heavy atom. The van der Waals surface area contributed by atoms with Gasteiger partial charge in [0.05, 0.1) is 23.9 Å². The monoisotopic (exact) mass is 404 g/mol. The molecule has 1 aromatic carbocycles. The smallest absolute Gasteiger partial charge is 0.266 e. The van der Waals surface area contributed by atoms with E-state index in [1.807, 2.05) is 36.4 Å². The van der Waals surface area contributed by atoms with Crippen molar-refractivity contribution in [3.63, 3.8) is 0 Å². The van der Waals surface area contributed by atoms with Crippen LogP contribution in [-0.2, 0) is 18.4 Å². The van der Waals surface area contributed by atoms with Gasteiger partial charge in [-0.3, -0.25) is 9.59 Å². The standard InChI is InChI=1S/C22H24N6O2/c1-27-21(29)10-9-20(26-27)28-11-5-8-17(14-28)22(30)23-13-18-12-19(25-15-24-18)16-6-3-2-4-7-16/h2-4,6-7,9-10,12,15,17H,5,8,11,13-14H2,1H3,(H,23,30). The highest BCUT2D eigenvalue weighted by atomic mass is 16.2. The summed E-state index contributed by atoms with van der Waals surface area (Å²) in [5.41, 5.74) is 2.47. The summed E-state index contributed by atoms with van der Waals surface area (Å²) in [7, 11) is 1.63. The van der Waals surface area contributed by atoms with E-state index in [1.165, 1.54) is 17.1 Å². The quantitative estimate of drug-likeness (QED) is 0.697. The topological polar surface area (TPSA) is 93.0 Å². The van der Waals surface area contributed by atoms with Crippen molar-refractivity contribution >= 4 is 11.7 Å². The Balaban J connectivity index is 1.38. The third kappa shape index (κ3) is 4.53. The maximum Gasteiger partial charge on any atom is 0.266 e. The Labute approximate surface area is 174 Å². The van der Waals surface area contributed by atoms with Crippen molar-refractivity contribution in [2.24, 2.45) is 13.0 Å². The van der Waals surface area contributed by atoms with Crippen LogP contribution in [0.25, 0.3) is 11.3 Å². The molecule has 154 valence electrons. The van der Waals surface area contributed by atoms with Gasteiger partial charge in [-0.05, 0) is 25.0 Å². The number of anilines is 1. The van der Waals surface area contributed by atoms with Crippen LogP contribution >= 0.6 is 0 Å². The summed E-state index contributed by atoms with van der Waals surface area (Å²) in [5, 5.41) is 7.31. The molecule has 1 aliphatic heterocycles. The molecule has 1 saturated heterocycles. The molecule has 0 saturated carbocycles. The molecule has 1 amide bonds. The second kappa shape index (κ2) is 8.86. The first kappa shape index (κ1) is 19.8. The minimum atomic E-state index is -0.148. The normalized spacial score (nSPS) is 16.3. The Kier molecular flexibility index (Phi) is 5.83. The SMILES string of the molecule is Cn1nc(N2CCCC(C(=O)NCc3cc(-c4ccccc4)ncn3)C2)ccc1=O. The van der Waals surface area contributed by atoms with Crippen LogP contribution in [0.3, 0.4) is 0 Å². The fourth-order valence-electron chi connectivity index (χ4n) is 3.64. The Morgan fingerprint density at radius 1 is 1.17 bits per heavy atom. The number of benzene rings is 1. The van der Waals surface area contributed by atoms with Gasteiger partial charge in [0.25, 0.3) is 5.56 Å². The molecule has 1 fully saturated rings. The number of hydrogen-bond acceptors (Lipinski definition) is 6. The summed E-state index contributed by atoms with van der Waals surface area (Å²) in [6.07, 6.45) is 3.25. The lowest BCUT2D eigenvalue weighted by Crippen LogP contribution is -2.43. The number of nitrogens with zero attached hydrogens (tertiary/aromatic N) is 5. The van der Waals surface area contributed by atoms with Crippen molar-refractivity contribution < 1.29 is 4.79 Å². The third-order valence-electron chi connectivity index (χ3n) is 5.30. The van der Waals surface area contributed by atoms with Gasteiger partial charge in [0.2, 0.25) is 5.91 Å². The number of hydrogen-bond donors (Lipinski definition) is 1. The number of carbonyl (C=O) groups is 1. The van der Waals surface area contributed by atoms with Crippen LogP contribution in [0.2, 0.25) is 0 Å². The number of amides is 1. The molecule has 0 radical (unpaired) electrons. The molecule has 3 heterocycles. The molecule has 0 aliphatic carbocycles. The van der Waals surface area contributed by atoms with E-state index >= 15 is 0 Å². The van der Waals surface area contributed by atoms with Crippen LogP contribution in [0.4, 0.5) is 5.82 Å². The van der Waals surface area contributed by atoms with E-state index in [4.69, 9.17) is 0 Å². The van der Waals surface area contributed by atoms with Gasteiger partial charge in [-0.1, -0.05) is 30.3 Å². The maximum absolute atomic E-state index is 12.8. The molecule has 2 aromatic heterocycles. The summed E-state index contributed by atoms with van der Waals surface area (Å²) in [6, 6.07) is 15.0. The molecule has 1 aliphatic rings. The molecular formula is C22H24N6O2. The summed E-state index contributed by atoms with van der Waals surface area (Å²) in [4.78, 5) is 35.0. The molecule has 4 rings (SSSR count). The predicted octanol–water partition coefficient (Wildman–Crippen LogP) is 1.77. The zero-order valence-electron chi connectivity index (χ0n) is 16.9. The fraction of sp³-hybridized carbons (Fsp3) is 0.318. The van der Waals surface area contributed by atoms with Gasteiger partial charge in [0.1, 0.15) is 12.1 Å². The van der Waals surface area contributed by atoms with Gasteiger partial charge < -0.3 is 10.2 Å². The van der Waals surface area contributed by atoms with Crippen molar-refractivity contribution in [3.05, 3.63) is 70.9 Å². The van der Waals surface area contributed by atoms with E-state index in [9.17, 15) is 9.59 Å². The largest absolute Gasteiger partial charge is 0.354 e. The van der Waals surface area contributed by atoms with Gasteiger partial charge in [0.15, 0.2) is 0 Å². The van der Waals surface area contributed by atoms with Gasteiger partial charge >= 0.3 is 0 Å². The highest BCUT2D eigenvalue weighted by Gasteiger charge is 2.26. The van der Waals surface area contributed by atoms with E-state index in [0.29, 0.717) is 13.1 Å². The van der Waals surface area contributed by atoms with Crippen molar-refractivity contribution in [1.82, 2.24) is 25.1 Å². The summed E-state index contributed by atoms with van der Waals surface area (Å²) in [5.74, 6) is 0.593. The summed E-state index contributed by atoms with van der Waals surface area (Å²) < 4.78 is 1.32. The number of rotatable bonds is 5. The van der Waals surface area contributed by atoms with Crippen molar-refractivity contribution in [3.8, 4) is 11.3 Å². The first-order valence-corrected chi connectivity index (χ1v) is 10.0. The van der Waals surface area contributed by atoms with Gasteiger partial charge in [-0.25, -0.2) is 14.6 Å². The van der Waals surface area contributed by atoms with Gasteiger partial charge in [-0.2, -0.15) is 5.10 Å². The molecule has 8 nitrogen and oxygen atoms in total. The predicted molar refractivity (Wildman–Crippen MR) is 114 cm³/mol. The average Bonchev–Trinajstić information content (AvgIpc) is 2.80. The molecule has 1 unspecified atom stereocenters. The molecule has 3 aromatic rings. The number of piperidine rings is 1. The maximum atomic E-state index is 12.8. The second-order valence-electron chi connectivity index (χ2n) is 7.42. The lowest BCUT2D eigenvalue weighted by Gasteiger charge is -2.32. The first-order chi connectivity index (χ1) is 14.6. The number of aryl methyl sites for hydroxylation is 1. The first-order valence-electron chi connectivity index (χ1n) is 10.0. The summed E-state index contributed by atoms with van der Waals surface area (Å²) >= 11 is 0. The van der Waals surface area contributed by atoms with E-state index in [-0.39, 0.29) is 17.4 Å². The number of carbonyl (C=O) groups excluding carboxylic acids is 1. The van der Waals surface area contributed by atoms with E-state index in [0.717, 1.165) is 42.2 Å². The van der Waals surface area contributed by atoms with Crippen molar-refractivity contribution in [2.45, 2.75) is 19.4 Å². The second-order valence-corrected chi connectivity index (χ2v) is 7.42. The number of nitrogens with one attached hydrogen (secondary N) is 1. The molecule has 8 heteroatoms. The third-order valence-corrected chi connectivity index (χ3v) is 5.30. The average molecular weight is 404 g/mol. The van der Waals surface area contributed by atoms with Crippen LogP contribution in [0, 0.1) is 5.92 Å². The molecule has 1 N–H and O–H groups in total. The Bertz CT molecular complexity index is 1080. The Morgan fingerprint density at radius 2 is 2.00 bits per heavy atom. The van der Waals surface area contributed by atoms with Gasteiger partial charge in [0, 0.05) is 31.8 Å². The lowest BCUT2D eigenvalue weighted by molar-refractivity contribution is -0.125. The zero-order valence-corrected chi connectivity index (χ0v) is 16.9.